The van der Waals surface area contributed by atoms with E-state index < -0.39 is 0 Å². The van der Waals surface area contributed by atoms with E-state index in [1.54, 1.807) is 0 Å². The van der Waals surface area contributed by atoms with Crippen LogP contribution in [-0.4, -0.2) is 29.5 Å². The first-order valence-corrected chi connectivity index (χ1v) is 5.70. The zero-order chi connectivity index (χ0) is 12.3. The van der Waals surface area contributed by atoms with Crippen LogP contribution < -0.4 is 4.74 Å². The monoisotopic (exact) mass is 233 g/mol. The van der Waals surface area contributed by atoms with E-state index in [1.165, 1.54) is 0 Å². The molecule has 0 aromatic carbocycles. The molecule has 5 heteroatoms. The minimum Gasteiger partial charge on any atom is -0.472 e. The van der Waals surface area contributed by atoms with Crippen LogP contribution in [0.25, 0.3) is 0 Å². The summed E-state index contributed by atoms with van der Waals surface area (Å²) in [5.41, 5.74) is 2.09. The Balaban J connectivity index is 2.20. The molecule has 1 aliphatic rings. The summed E-state index contributed by atoms with van der Waals surface area (Å²) in [6.07, 6.45) is 1.74. The van der Waals surface area contributed by atoms with Crippen LogP contribution in [0, 0.1) is 25.2 Å². The van der Waals surface area contributed by atoms with Gasteiger partial charge >= 0.3 is 0 Å². The van der Waals surface area contributed by atoms with E-state index in [0.717, 1.165) is 24.1 Å². The van der Waals surface area contributed by atoms with E-state index in [-0.39, 0.29) is 6.10 Å². The summed E-state index contributed by atoms with van der Waals surface area (Å²) in [7, 11) is 0. The summed E-state index contributed by atoms with van der Waals surface area (Å²) in [4.78, 5) is 0. The third-order valence-corrected chi connectivity index (χ3v) is 2.98. The van der Waals surface area contributed by atoms with Crippen molar-refractivity contribution in [3.05, 3.63) is 16.8 Å². The Morgan fingerprint density at radius 2 is 2.00 bits per heavy atom. The summed E-state index contributed by atoms with van der Waals surface area (Å²) < 4.78 is 11.0. The molecule has 0 N–H and O–H groups in total. The second kappa shape index (κ2) is 5.11. The molecule has 0 aliphatic carbocycles. The minimum atomic E-state index is 0.0762. The van der Waals surface area contributed by atoms with Crippen molar-refractivity contribution in [3.63, 3.8) is 0 Å². The van der Waals surface area contributed by atoms with Crippen molar-refractivity contribution in [2.24, 2.45) is 0 Å². The van der Waals surface area contributed by atoms with Gasteiger partial charge in [0.15, 0.2) is 0 Å². The van der Waals surface area contributed by atoms with Crippen molar-refractivity contribution in [2.75, 3.05) is 13.2 Å². The second-order valence-electron chi connectivity index (χ2n) is 4.13. The molecule has 2 rings (SSSR count). The van der Waals surface area contributed by atoms with E-state index in [2.05, 4.69) is 16.3 Å². The van der Waals surface area contributed by atoms with E-state index in [1.807, 2.05) is 13.8 Å². The van der Waals surface area contributed by atoms with E-state index in [9.17, 15) is 0 Å². The number of nitrogens with zero attached hydrogens (tertiary/aromatic N) is 3. The fraction of sp³-hybridized carbons (Fsp3) is 0.583. The predicted octanol–water partition coefficient (Wildman–Crippen LogP) is 1.52. The van der Waals surface area contributed by atoms with Gasteiger partial charge in [0.1, 0.15) is 17.7 Å². The van der Waals surface area contributed by atoms with Crippen molar-refractivity contribution in [1.29, 1.82) is 5.26 Å². The van der Waals surface area contributed by atoms with Crippen LogP contribution >= 0.6 is 0 Å². The molecule has 1 saturated heterocycles. The molecule has 0 atom stereocenters. The highest BCUT2D eigenvalue weighted by Gasteiger charge is 2.19. The lowest BCUT2D eigenvalue weighted by atomic mass is 10.1. The van der Waals surface area contributed by atoms with Gasteiger partial charge in [0.2, 0.25) is 0 Å². The summed E-state index contributed by atoms with van der Waals surface area (Å²) >= 11 is 0. The first-order chi connectivity index (χ1) is 8.22. The van der Waals surface area contributed by atoms with E-state index in [4.69, 9.17) is 14.7 Å². The lowest BCUT2D eigenvalue weighted by molar-refractivity contribution is 0.0231. The van der Waals surface area contributed by atoms with Gasteiger partial charge in [-0.3, -0.25) is 0 Å². The van der Waals surface area contributed by atoms with Gasteiger partial charge < -0.3 is 9.47 Å². The Morgan fingerprint density at radius 3 is 2.65 bits per heavy atom. The lowest BCUT2D eigenvalue weighted by Crippen LogP contribution is -2.26. The van der Waals surface area contributed by atoms with Gasteiger partial charge in [0, 0.05) is 12.8 Å². The SMILES string of the molecule is Cc1nnc(OC2CCOCC2)c(C#N)c1C. The van der Waals surface area contributed by atoms with Gasteiger partial charge in [-0.05, 0) is 19.4 Å². The molecule has 0 saturated carbocycles. The number of aromatic nitrogens is 2. The molecule has 0 amide bonds. The number of aryl methyl sites for hydroxylation is 1. The highest BCUT2D eigenvalue weighted by molar-refractivity contribution is 5.44. The van der Waals surface area contributed by atoms with Crippen molar-refractivity contribution >= 4 is 0 Å². The predicted molar refractivity (Wildman–Crippen MR) is 60.7 cm³/mol. The number of hydrogen-bond acceptors (Lipinski definition) is 5. The van der Waals surface area contributed by atoms with E-state index in [0.29, 0.717) is 24.7 Å². The summed E-state index contributed by atoms with van der Waals surface area (Å²) in [5, 5.41) is 17.1. The molecule has 17 heavy (non-hydrogen) atoms. The normalized spacial score (nSPS) is 16.5. The zero-order valence-electron chi connectivity index (χ0n) is 10.1. The molecule has 90 valence electrons. The topological polar surface area (TPSA) is 68.0 Å². The van der Waals surface area contributed by atoms with Crippen LogP contribution in [0.3, 0.4) is 0 Å². The number of nitriles is 1. The molecule has 5 nitrogen and oxygen atoms in total. The lowest BCUT2D eigenvalue weighted by Gasteiger charge is -2.23. The number of ether oxygens (including phenoxy) is 2. The first-order valence-electron chi connectivity index (χ1n) is 5.70. The molecule has 1 fully saturated rings. The van der Waals surface area contributed by atoms with Gasteiger partial charge in [-0.1, -0.05) is 0 Å². The van der Waals surface area contributed by atoms with Crippen LogP contribution in [0.4, 0.5) is 0 Å². The molecule has 1 aromatic heterocycles. The Kier molecular flexibility index (Phi) is 3.55. The summed E-state index contributed by atoms with van der Waals surface area (Å²) in [6, 6.07) is 2.14. The van der Waals surface area contributed by atoms with Gasteiger partial charge in [0.25, 0.3) is 5.88 Å². The van der Waals surface area contributed by atoms with Crippen LogP contribution in [0.5, 0.6) is 5.88 Å². The quantitative estimate of drug-likeness (QED) is 0.774. The Labute approximate surface area is 100 Å². The number of hydrogen-bond donors (Lipinski definition) is 0. The van der Waals surface area contributed by atoms with Gasteiger partial charge in [-0.25, -0.2) is 0 Å². The maximum Gasteiger partial charge on any atom is 0.252 e. The van der Waals surface area contributed by atoms with Crippen LogP contribution in [0.1, 0.15) is 29.7 Å². The fourth-order valence-electron chi connectivity index (χ4n) is 1.75. The molecular weight excluding hydrogens is 218 g/mol. The van der Waals surface area contributed by atoms with Gasteiger partial charge in [-0.15, -0.1) is 5.10 Å². The minimum absolute atomic E-state index is 0.0762. The standard InChI is InChI=1S/C12H15N3O2/c1-8-9(2)14-15-12(11(8)7-13)17-10-3-5-16-6-4-10/h10H,3-6H2,1-2H3. The van der Waals surface area contributed by atoms with Crippen LogP contribution in [0.15, 0.2) is 0 Å². The largest absolute Gasteiger partial charge is 0.472 e. The Hall–Kier alpha value is -1.67. The highest BCUT2D eigenvalue weighted by Crippen LogP contribution is 2.22. The third kappa shape index (κ3) is 2.53. The molecule has 1 aliphatic heterocycles. The average molecular weight is 233 g/mol. The molecule has 0 unspecified atom stereocenters. The molecule has 2 heterocycles. The van der Waals surface area contributed by atoms with Crippen molar-refractivity contribution in [2.45, 2.75) is 32.8 Å². The van der Waals surface area contributed by atoms with Crippen molar-refractivity contribution in [1.82, 2.24) is 10.2 Å². The van der Waals surface area contributed by atoms with Crippen LogP contribution in [-0.2, 0) is 4.74 Å². The highest BCUT2D eigenvalue weighted by atomic mass is 16.5. The summed E-state index contributed by atoms with van der Waals surface area (Å²) in [5.74, 6) is 0.350. The van der Waals surface area contributed by atoms with Gasteiger partial charge in [0.05, 0.1) is 18.9 Å². The van der Waals surface area contributed by atoms with E-state index >= 15 is 0 Å². The summed E-state index contributed by atoms with van der Waals surface area (Å²) in [6.45, 7) is 5.09. The molecule has 0 radical (unpaired) electrons. The first kappa shape index (κ1) is 11.8. The zero-order valence-corrected chi connectivity index (χ0v) is 10.1. The number of rotatable bonds is 2. The molecular formula is C12H15N3O2. The molecule has 0 spiro atoms. The Morgan fingerprint density at radius 1 is 1.29 bits per heavy atom. The Bertz CT molecular complexity index is 448. The maximum absolute atomic E-state index is 9.13. The average Bonchev–Trinajstić information content (AvgIpc) is 2.36. The second-order valence-corrected chi connectivity index (χ2v) is 4.13. The van der Waals surface area contributed by atoms with Crippen molar-refractivity contribution < 1.29 is 9.47 Å². The van der Waals surface area contributed by atoms with Crippen LogP contribution in [0.2, 0.25) is 0 Å². The van der Waals surface area contributed by atoms with Gasteiger partial charge in [-0.2, -0.15) is 10.4 Å². The molecule has 1 aromatic rings. The smallest absolute Gasteiger partial charge is 0.252 e. The fourth-order valence-corrected chi connectivity index (χ4v) is 1.75. The van der Waals surface area contributed by atoms with Crippen molar-refractivity contribution in [3.8, 4) is 11.9 Å². The molecule has 0 bridgehead atoms. The maximum atomic E-state index is 9.13. The third-order valence-electron chi connectivity index (χ3n) is 2.98.